The standard InChI is InChI=1S/C22H28N2O4S/c1-2-15-28-21-10-6-5-9-20(21)24-22(25)13-14-23-29(26,27)19-12-11-17-7-3-4-8-18(17)16-19/h5-6,9-12,16,23H,2-4,7-8,13-15H2,1H3,(H,24,25). The van der Waals surface area contributed by atoms with Crippen molar-refractivity contribution in [1.29, 1.82) is 0 Å². The Bertz CT molecular complexity index is 957. The van der Waals surface area contributed by atoms with Gasteiger partial charge in [-0.25, -0.2) is 13.1 Å². The Morgan fingerprint density at radius 2 is 1.83 bits per heavy atom. The van der Waals surface area contributed by atoms with Gasteiger partial charge < -0.3 is 10.1 Å². The summed E-state index contributed by atoms with van der Waals surface area (Å²) in [5.74, 6) is 0.336. The number of hydrogen-bond donors (Lipinski definition) is 2. The molecule has 0 saturated carbocycles. The summed E-state index contributed by atoms with van der Waals surface area (Å²) in [5.41, 5.74) is 2.93. The largest absolute Gasteiger partial charge is 0.491 e. The second kappa shape index (κ2) is 9.89. The fourth-order valence-corrected chi connectivity index (χ4v) is 4.46. The molecule has 1 aliphatic rings. The second-order valence-corrected chi connectivity index (χ2v) is 8.95. The number of carbonyl (C=O) groups is 1. The highest BCUT2D eigenvalue weighted by Gasteiger charge is 2.18. The molecule has 0 fully saturated rings. The van der Waals surface area contributed by atoms with Crippen molar-refractivity contribution < 1.29 is 17.9 Å². The molecule has 7 heteroatoms. The molecule has 0 radical (unpaired) electrons. The number of amides is 1. The smallest absolute Gasteiger partial charge is 0.240 e. The summed E-state index contributed by atoms with van der Waals surface area (Å²) in [4.78, 5) is 12.5. The van der Waals surface area contributed by atoms with Crippen molar-refractivity contribution in [2.75, 3.05) is 18.5 Å². The molecule has 2 aromatic rings. The monoisotopic (exact) mass is 416 g/mol. The van der Waals surface area contributed by atoms with E-state index in [2.05, 4.69) is 10.0 Å². The number of fused-ring (bicyclic) bond motifs is 1. The first-order valence-corrected chi connectivity index (χ1v) is 11.6. The second-order valence-electron chi connectivity index (χ2n) is 7.18. The number of aryl methyl sites for hydroxylation is 2. The first-order valence-electron chi connectivity index (χ1n) is 10.1. The number of rotatable bonds is 9. The Balaban J connectivity index is 1.55. The molecule has 0 saturated heterocycles. The van der Waals surface area contributed by atoms with Crippen LogP contribution in [0.4, 0.5) is 5.69 Å². The third kappa shape index (κ3) is 5.81. The van der Waals surface area contributed by atoms with Crippen LogP contribution in [0.25, 0.3) is 0 Å². The van der Waals surface area contributed by atoms with Crippen LogP contribution in [0.15, 0.2) is 47.4 Å². The van der Waals surface area contributed by atoms with Gasteiger partial charge in [-0.05, 0) is 67.5 Å². The van der Waals surface area contributed by atoms with Crippen molar-refractivity contribution in [3.05, 3.63) is 53.6 Å². The molecule has 0 aliphatic heterocycles. The van der Waals surface area contributed by atoms with Crippen molar-refractivity contribution >= 4 is 21.6 Å². The van der Waals surface area contributed by atoms with Crippen LogP contribution in [-0.4, -0.2) is 27.5 Å². The number of sulfonamides is 1. The van der Waals surface area contributed by atoms with E-state index in [0.29, 0.717) is 18.0 Å². The fraction of sp³-hybridized carbons (Fsp3) is 0.409. The van der Waals surface area contributed by atoms with Crippen molar-refractivity contribution in [3.63, 3.8) is 0 Å². The average molecular weight is 417 g/mol. The molecule has 0 heterocycles. The van der Waals surface area contributed by atoms with Gasteiger partial charge in [0.1, 0.15) is 5.75 Å². The first-order chi connectivity index (χ1) is 14.0. The van der Waals surface area contributed by atoms with Gasteiger partial charge in [-0.1, -0.05) is 25.1 Å². The molecule has 6 nitrogen and oxygen atoms in total. The van der Waals surface area contributed by atoms with E-state index in [-0.39, 0.29) is 23.8 Å². The van der Waals surface area contributed by atoms with E-state index in [1.54, 1.807) is 24.3 Å². The highest BCUT2D eigenvalue weighted by atomic mass is 32.2. The maximum atomic E-state index is 12.6. The number of para-hydroxylation sites is 2. The van der Waals surface area contributed by atoms with Gasteiger partial charge in [0.05, 0.1) is 17.2 Å². The third-order valence-electron chi connectivity index (χ3n) is 4.90. The number of benzene rings is 2. The summed E-state index contributed by atoms with van der Waals surface area (Å²) in [5, 5.41) is 2.79. The predicted octanol–water partition coefficient (Wildman–Crippen LogP) is 3.66. The minimum Gasteiger partial charge on any atom is -0.491 e. The lowest BCUT2D eigenvalue weighted by Crippen LogP contribution is -2.28. The lowest BCUT2D eigenvalue weighted by Gasteiger charge is -2.17. The topological polar surface area (TPSA) is 84.5 Å². The molecule has 0 unspecified atom stereocenters. The number of carbonyl (C=O) groups excluding carboxylic acids is 1. The highest BCUT2D eigenvalue weighted by Crippen LogP contribution is 2.25. The van der Waals surface area contributed by atoms with Crippen LogP contribution in [-0.2, 0) is 27.7 Å². The molecular weight excluding hydrogens is 388 g/mol. The maximum Gasteiger partial charge on any atom is 0.240 e. The number of anilines is 1. The third-order valence-corrected chi connectivity index (χ3v) is 6.36. The van der Waals surface area contributed by atoms with Crippen molar-refractivity contribution in [1.82, 2.24) is 4.72 Å². The van der Waals surface area contributed by atoms with Crippen LogP contribution in [0.1, 0.15) is 43.7 Å². The Hall–Kier alpha value is -2.38. The van der Waals surface area contributed by atoms with E-state index in [1.165, 1.54) is 5.56 Å². The van der Waals surface area contributed by atoms with Gasteiger partial charge in [0.15, 0.2) is 0 Å². The molecule has 1 amide bonds. The molecule has 0 atom stereocenters. The van der Waals surface area contributed by atoms with E-state index in [0.717, 1.165) is 37.7 Å². The minimum atomic E-state index is -3.64. The molecule has 156 valence electrons. The SMILES string of the molecule is CCCOc1ccccc1NC(=O)CCNS(=O)(=O)c1ccc2c(c1)CCCC2. The summed E-state index contributed by atoms with van der Waals surface area (Å²) in [6.45, 7) is 2.60. The molecule has 0 aromatic heterocycles. The Labute approximate surface area is 172 Å². The van der Waals surface area contributed by atoms with Crippen LogP contribution < -0.4 is 14.8 Å². The van der Waals surface area contributed by atoms with Crippen molar-refractivity contribution in [3.8, 4) is 5.75 Å². The Morgan fingerprint density at radius 3 is 2.62 bits per heavy atom. The maximum absolute atomic E-state index is 12.6. The minimum absolute atomic E-state index is 0.0310. The Kier molecular flexibility index (Phi) is 7.28. The van der Waals surface area contributed by atoms with E-state index in [4.69, 9.17) is 4.74 Å². The van der Waals surface area contributed by atoms with Gasteiger partial charge in [0.2, 0.25) is 15.9 Å². The van der Waals surface area contributed by atoms with Crippen LogP contribution in [0, 0.1) is 0 Å². The van der Waals surface area contributed by atoms with Crippen LogP contribution in [0.2, 0.25) is 0 Å². The van der Waals surface area contributed by atoms with E-state index in [9.17, 15) is 13.2 Å². The zero-order valence-corrected chi connectivity index (χ0v) is 17.6. The zero-order valence-electron chi connectivity index (χ0n) is 16.7. The predicted molar refractivity (Wildman–Crippen MR) is 114 cm³/mol. The van der Waals surface area contributed by atoms with E-state index < -0.39 is 10.0 Å². The van der Waals surface area contributed by atoms with Crippen LogP contribution in [0.5, 0.6) is 5.75 Å². The number of hydrogen-bond acceptors (Lipinski definition) is 4. The van der Waals surface area contributed by atoms with E-state index >= 15 is 0 Å². The fourth-order valence-electron chi connectivity index (χ4n) is 3.38. The van der Waals surface area contributed by atoms with Crippen LogP contribution >= 0.6 is 0 Å². The van der Waals surface area contributed by atoms with Gasteiger partial charge in [0.25, 0.3) is 0 Å². The molecule has 0 bridgehead atoms. The highest BCUT2D eigenvalue weighted by molar-refractivity contribution is 7.89. The summed E-state index contributed by atoms with van der Waals surface area (Å²) in [7, 11) is -3.64. The van der Waals surface area contributed by atoms with Crippen LogP contribution in [0.3, 0.4) is 0 Å². The summed E-state index contributed by atoms with van der Waals surface area (Å²) >= 11 is 0. The van der Waals surface area contributed by atoms with Gasteiger partial charge in [-0.2, -0.15) is 0 Å². The average Bonchev–Trinajstić information content (AvgIpc) is 2.72. The van der Waals surface area contributed by atoms with Crippen molar-refractivity contribution in [2.24, 2.45) is 0 Å². The Morgan fingerprint density at radius 1 is 1.07 bits per heavy atom. The van der Waals surface area contributed by atoms with Gasteiger partial charge in [0, 0.05) is 13.0 Å². The molecule has 3 rings (SSSR count). The molecule has 1 aliphatic carbocycles. The van der Waals surface area contributed by atoms with E-state index in [1.807, 2.05) is 25.1 Å². The van der Waals surface area contributed by atoms with Crippen molar-refractivity contribution in [2.45, 2.75) is 50.3 Å². The summed E-state index contributed by atoms with van der Waals surface area (Å²) in [6, 6.07) is 12.5. The van der Waals surface area contributed by atoms with Gasteiger partial charge in [-0.15, -0.1) is 0 Å². The summed E-state index contributed by atoms with van der Waals surface area (Å²) < 4.78 is 33.3. The zero-order chi connectivity index (χ0) is 20.7. The van der Waals surface area contributed by atoms with Gasteiger partial charge >= 0.3 is 0 Å². The molecular formula is C22H28N2O4S. The number of ether oxygens (including phenoxy) is 1. The molecule has 2 aromatic carbocycles. The molecule has 0 spiro atoms. The quantitative estimate of drug-likeness (QED) is 0.653. The van der Waals surface area contributed by atoms with Gasteiger partial charge in [-0.3, -0.25) is 4.79 Å². The lowest BCUT2D eigenvalue weighted by atomic mass is 9.92. The first kappa shape index (κ1) is 21.3. The number of nitrogens with one attached hydrogen (secondary N) is 2. The molecule has 29 heavy (non-hydrogen) atoms. The summed E-state index contributed by atoms with van der Waals surface area (Å²) in [6.07, 6.45) is 5.07. The normalized spacial score (nSPS) is 13.6. The molecule has 2 N–H and O–H groups in total. The lowest BCUT2D eigenvalue weighted by molar-refractivity contribution is -0.116.